The summed E-state index contributed by atoms with van der Waals surface area (Å²) in [6.07, 6.45) is 5.04. The number of anilines is 2. The van der Waals surface area contributed by atoms with Gasteiger partial charge in [-0.05, 0) is 42.0 Å². The Morgan fingerprint density at radius 3 is 2.53 bits per heavy atom. The number of rotatable bonds is 6. The first-order chi connectivity index (χ1) is 16.5. The van der Waals surface area contributed by atoms with Crippen LogP contribution in [-0.4, -0.2) is 60.4 Å². The minimum atomic E-state index is -3.74. The average Bonchev–Trinajstić information content (AvgIpc) is 3.27. The molecule has 0 atom stereocenters. The minimum absolute atomic E-state index is 0. The van der Waals surface area contributed by atoms with E-state index in [-0.39, 0.29) is 18.0 Å². The van der Waals surface area contributed by atoms with Crippen molar-refractivity contribution in [3.63, 3.8) is 0 Å². The number of nitrogens with one attached hydrogen (secondary N) is 2. The maximum Gasteiger partial charge on any atom is 0.263 e. The molecule has 0 spiro atoms. The van der Waals surface area contributed by atoms with Crippen LogP contribution in [0.3, 0.4) is 0 Å². The van der Waals surface area contributed by atoms with Gasteiger partial charge in [-0.2, -0.15) is 0 Å². The molecule has 4 aromatic rings. The molecular weight excluding hydrogens is 452 g/mol. The van der Waals surface area contributed by atoms with E-state index in [0.29, 0.717) is 32.6 Å². The maximum atomic E-state index is 12.9. The lowest BCUT2D eigenvalue weighted by molar-refractivity contribution is -0.130. The van der Waals surface area contributed by atoms with Crippen LogP contribution in [0.25, 0.3) is 10.9 Å². The molecule has 9 nitrogen and oxygen atoms in total. The lowest BCUT2D eigenvalue weighted by atomic mass is 10.1. The quantitative estimate of drug-likeness (QED) is 0.441. The average molecular weight is 479 g/mol. The fraction of sp³-hybridized carbons (Fsp3) is 0.208. The lowest BCUT2D eigenvalue weighted by Crippen LogP contribution is -2.49. The van der Waals surface area contributed by atoms with Crippen molar-refractivity contribution in [2.45, 2.75) is 11.3 Å². The molecule has 10 heteroatoms. The third-order valence-electron chi connectivity index (χ3n) is 5.98. The normalized spacial score (nSPS) is 14.4. The van der Waals surface area contributed by atoms with Crippen molar-refractivity contribution in [3.05, 3.63) is 78.9 Å². The number of hydrogen-bond acceptors (Lipinski definition) is 6. The number of hydrogen-bond donors (Lipinski definition) is 2. The van der Waals surface area contributed by atoms with E-state index in [1.54, 1.807) is 24.3 Å². The number of aromatic nitrogens is 3. The molecule has 5 rings (SSSR count). The lowest BCUT2D eigenvalue weighted by Gasteiger charge is -2.36. The van der Waals surface area contributed by atoms with E-state index in [2.05, 4.69) is 24.6 Å². The first-order valence-electron chi connectivity index (χ1n) is 11.0. The topological polar surface area (TPSA) is 111 Å². The molecule has 0 unspecified atom stereocenters. The molecule has 2 aromatic carbocycles. The van der Waals surface area contributed by atoms with Crippen molar-refractivity contribution >= 4 is 38.3 Å². The Bertz CT molecular complexity index is 1400. The van der Waals surface area contributed by atoms with Gasteiger partial charge in [0.2, 0.25) is 5.91 Å². The van der Waals surface area contributed by atoms with Gasteiger partial charge in [0.1, 0.15) is 12.1 Å². The van der Waals surface area contributed by atoms with Gasteiger partial charge in [-0.25, -0.2) is 18.4 Å². The summed E-state index contributed by atoms with van der Waals surface area (Å²) in [5.41, 5.74) is 2.97. The van der Waals surface area contributed by atoms with Gasteiger partial charge in [0.05, 0.1) is 11.3 Å². The van der Waals surface area contributed by atoms with Gasteiger partial charge in [0, 0.05) is 56.6 Å². The second-order valence-corrected chi connectivity index (χ2v) is 9.78. The molecule has 34 heavy (non-hydrogen) atoms. The van der Waals surface area contributed by atoms with Crippen LogP contribution >= 0.6 is 0 Å². The summed E-state index contributed by atoms with van der Waals surface area (Å²) in [5.74, 6) is 0.328. The molecule has 176 valence electrons. The predicted molar refractivity (Wildman–Crippen MR) is 132 cm³/mol. The molecule has 0 radical (unpaired) electrons. The zero-order valence-electron chi connectivity index (χ0n) is 18.4. The predicted octanol–water partition coefficient (Wildman–Crippen LogP) is 2.90. The standard InChI is InChI=1S/C24H24N6O3S.H2/c31-24(15-18-16-26-22-4-2-1-3-21(18)22)30-13-11-29(12-14-30)19-5-7-20(8-6-19)34(32,33)28-23-9-10-25-17-27-23;/h1-10,16-17,26H,11-15H2,(H,25,27,28);1H. The van der Waals surface area contributed by atoms with E-state index in [9.17, 15) is 13.2 Å². The van der Waals surface area contributed by atoms with Gasteiger partial charge < -0.3 is 14.8 Å². The number of piperazine rings is 1. The number of amides is 1. The highest BCUT2D eigenvalue weighted by Gasteiger charge is 2.23. The highest BCUT2D eigenvalue weighted by atomic mass is 32.2. The second kappa shape index (κ2) is 9.14. The largest absolute Gasteiger partial charge is 0.368 e. The van der Waals surface area contributed by atoms with Crippen molar-refractivity contribution in [1.82, 2.24) is 19.9 Å². The third-order valence-corrected chi connectivity index (χ3v) is 7.35. The minimum Gasteiger partial charge on any atom is -0.368 e. The summed E-state index contributed by atoms with van der Waals surface area (Å²) >= 11 is 0. The van der Waals surface area contributed by atoms with E-state index in [0.717, 1.165) is 22.2 Å². The smallest absolute Gasteiger partial charge is 0.263 e. The number of carbonyl (C=O) groups is 1. The molecule has 3 heterocycles. The highest BCUT2D eigenvalue weighted by Crippen LogP contribution is 2.22. The van der Waals surface area contributed by atoms with Crippen LogP contribution in [-0.2, 0) is 21.2 Å². The number of nitrogens with zero attached hydrogens (tertiary/aromatic N) is 4. The van der Waals surface area contributed by atoms with Crippen molar-refractivity contribution in [2.75, 3.05) is 35.8 Å². The molecular formula is C24H26N6O3S. The van der Waals surface area contributed by atoms with Crippen molar-refractivity contribution < 1.29 is 14.6 Å². The van der Waals surface area contributed by atoms with Crippen molar-refractivity contribution in [1.29, 1.82) is 0 Å². The molecule has 0 bridgehead atoms. The van der Waals surface area contributed by atoms with Crippen LogP contribution in [0.2, 0.25) is 0 Å². The molecule has 2 N–H and O–H groups in total. The number of aromatic amines is 1. The highest BCUT2D eigenvalue weighted by molar-refractivity contribution is 7.92. The van der Waals surface area contributed by atoms with E-state index < -0.39 is 10.0 Å². The van der Waals surface area contributed by atoms with Crippen LogP contribution in [0.5, 0.6) is 0 Å². The molecule has 1 aliphatic heterocycles. The monoisotopic (exact) mass is 478 g/mol. The molecule has 0 aliphatic carbocycles. The SMILES string of the molecule is O=C(Cc1c[nH]c2ccccc12)N1CCN(c2ccc(S(=O)(=O)Nc3ccncn3)cc2)CC1.[HH]. The van der Waals surface area contributed by atoms with E-state index in [4.69, 9.17) is 0 Å². The maximum absolute atomic E-state index is 12.9. The molecule has 2 aromatic heterocycles. The Balaban J connectivity index is 0.00000289. The first-order valence-corrected chi connectivity index (χ1v) is 12.4. The Morgan fingerprint density at radius 2 is 1.79 bits per heavy atom. The van der Waals surface area contributed by atoms with E-state index >= 15 is 0 Å². The van der Waals surface area contributed by atoms with Gasteiger partial charge in [0.15, 0.2) is 0 Å². The summed E-state index contributed by atoms with van der Waals surface area (Å²) in [4.78, 5) is 28.0. The number of H-pyrrole nitrogens is 1. The van der Waals surface area contributed by atoms with Gasteiger partial charge in [-0.15, -0.1) is 0 Å². The van der Waals surface area contributed by atoms with Crippen LogP contribution in [0, 0.1) is 0 Å². The summed E-state index contributed by atoms with van der Waals surface area (Å²) in [7, 11) is -3.74. The van der Waals surface area contributed by atoms with Crippen LogP contribution in [0.15, 0.2) is 78.2 Å². The zero-order valence-corrected chi connectivity index (χ0v) is 19.2. The molecule has 1 fully saturated rings. The summed E-state index contributed by atoms with van der Waals surface area (Å²) in [5, 5.41) is 1.08. The second-order valence-electron chi connectivity index (χ2n) is 8.10. The van der Waals surface area contributed by atoms with E-state index in [1.807, 2.05) is 35.4 Å². The molecule has 1 aliphatic rings. The summed E-state index contributed by atoms with van der Waals surface area (Å²) in [6, 6.07) is 16.2. The Kier molecular flexibility index (Phi) is 5.89. The number of benzene rings is 2. The van der Waals surface area contributed by atoms with Crippen LogP contribution in [0.4, 0.5) is 11.5 Å². The summed E-state index contributed by atoms with van der Waals surface area (Å²) in [6.45, 7) is 2.61. The van der Waals surface area contributed by atoms with Gasteiger partial charge >= 0.3 is 0 Å². The van der Waals surface area contributed by atoms with Gasteiger partial charge in [-0.1, -0.05) is 18.2 Å². The third kappa shape index (κ3) is 4.58. The Labute approximate surface area is 199 Å². The Hall–Kier alpha value is -3.92. The fourth-order valence-corrected chi connectivity index (χ4v) is 5.16. The molecule has 0 saturated carbocycles. The fourth-order valence-electron chi connectivity index (χ4n) is 4.15. The molecule has 1 amide bonds. The van der Waals surface area contributed by atoms with Crippen LogP contribution < -0.4 is 9.62 Å². The van der Waals surface area contributed by atoms with Crippen LogP contribution in [0.1, 0.15) is 6.99 Å². The zero-order chi connectivity index (χ0) is 23.5. The number of fused-ring (bicyclic) bond motifs is 1. The molecule has 1 saturated heterocycles. The summed E-state index contributed by atoms with van der Waals surface area (Å²) < 4.78 is 27.6. The van der Waals surface area contributed by atoms with Gasteiger partial charge in [-0.3, -0.25) is 9.52 Å². The first kappa shape index (κ1) is 21.9. The van der Waals surface area contributed by atoms with Gasteiger partial charge in [0.25, 0.3) is 10.0 Å². The van der Waals surface area contributed by atoms with E-state index in [1.165, 1.54) is 18.6 Å². The van der Waals surface area contributed by atoms with Crippen molar-refractivity contribution in [3.8, 4) is 0 Å². The number of sulfonamides is 1. The Morgan fingerprint density at radius 1 is 1.03 bits per heavy atom. The van der Waals surface area contributed by atoms with Crippen molar-refractivity contribution in [2.24, 2.45) is 0 Å². The number of para-hydroxylation sites is 1. The number of carbonyl (C=O) groups excluding carboxylic acids is 1.